The molecule has 1 heterocycles. The largest absolute Gasteiger partial charge is 0.469 e. The molecular formula is C23H24ClFN2O4. The van der Waals surface area contributed by atoms with Crippen LogP contribution in [0.15, 0.2) is 48.5 Å². The van der Waals surface area contributed by atoms with E-state index in [-0.39, 0.29) is 24.8 Å². The standard InChI is InChI=1S/C23H24ClFN2O4/c1-31-21(28)13-20(15-4-8-18(24)9-5-15)26-22(29)17-3-2-12-27(14-17)23(30)16-6-10-19(25)11-7-16/h4-11,17,20H,2-3,12-14H2,1H3,(H,26,29). The molecule has 31 heavy (non-hydrogen) atoms. The molecule has 2 aromatic rings. The van der Waals surface area contributed by atoms with Gasteiger partial charge in [0.15, 0.2) is 0 Å². The van der Waals surface area contributed by atoms with Crippen LogP contribution in [0.2, 0.25) is 5.02 Å². The van der Waals surface area contributed by atoms with Gasteiger partial charge in [-0.3, -0.25) is 14.4 Å². The third-order valence-electron chi connectivity index (χ3n) is 5.36. The number of carbonyl (C=O) groups excluding carboxylic acids is 3. The number of methoxy groups -OCH3 is 1. The van der Waals surface area contributed by atoms with E-state index in [2.05, 4.69) is 5.32 Å². The van der Waals surface area contributed by atoms with Crippen molar-refractivity contribution < 1.29 is 23.5 Å². The fraction of sp³-hybridized carbons (Fsp3) is 0.348. The van der Waals surface area contributed by atoms with Crippen LogP contribution in [0.3, 0.4) is 0 Å². The first-order valence-electron chi connectivity index (χ1n) is 10.0. The van der Waals surface area contributed by atoms with Crippen molar-refractivity contribution in [3.05, 3.63) is 70.5 Å². The Kier molecular flexibility index (Phi) is 7.63. The Balaban J connectivity index is 1.69. The van der Waals surface area contributed by atoms with Gasteiger partial charge in [0.05, 0.1) is 25.5 Å². The number of nitrogens with zero attached hydrogens (tertiary/aromatic N) is 1. The van der Waals surface area contributed by atoms with Crippen molar-refractivity contribution >= 4 is 29.4 Å². The Morgan fingerprint density at radius 3 is 2.48 bits per heavy atom. The average Bonchev–Trinajstić information content (AvgIpc) is 2.79. The summed E-state index contributed by atoms with van der Waals surface area (Å²) in [6, 6.07) is 11.7. The molecule has 0 saturated carbocycles. The number of carbonyl (C=O) groups is 3. The van der Waals surface area contributed by atoms with E-state index < -0.39 is 23.7 Å². The quantitative estimate of drug-likeness (QED) is 0.686. The molecule has 2 unspecified atom stereocenters. The van der Waals surface area contributed by atoms with E-state index in [1.807, 2.05) is 0 Å². The molecule has 0 spiro atoms. The fourth-order valence-electron chi connectivity index (χ4n) is 3.64. The van der Waals surface area contributed by atoms with Crippen LogP contribution >= 0.6 is 11.6 Å². The monoisotopic (exact) mass is 446 g/mol. The number of piperidine rings is 1. The molecule has 1 aliphatic rings. The van der Waals surface area contributed by atoms with E-state index in [0.717, 1.165) is 5.56 Å². The SMILES string of the molecule is COC(=O)CC(NC(=O)C1CCCN(C(=O)c2ccc(F)cc2)C1)c1ccc(Cl)cc1. The van der Waals surface area contributed by atoms with E-state index in [0.29, 0.717) is 30.0 Å². The zero-order valence-corrected chi connectivity index (χ0v) is 17.9. The first-order valence-corrected chi connectivity index (χ1v) is 10.4. The van der Waals surface area contributed by atoms with Gasteiger partial charge in [-0.1, -0.05) is 23.7 Å². The second-order valence-electron chi connectivity index (χ2n) is 7.49. The number of hydrogen-bond donors (Lipinski definition) is 1. The summed E-state index contributed by atoms with van der Waals surface area (Å²) in [6.45, 7) is 0.788. The van der Waals surface area contributed by atoms with Gasteiger partial charge in [0.1, 0.15) is 5.82 Å². The summed E-state index contributed by atoms with van der Waals surface area (Å²) in [5.41, 5.74) is 1.12. The number of hydrogen-bond acceptors (Lipinski definition) is 4. The maximum atomic E-state index is 13.1. The number of nitrogens with one attached hydrogen (secondary N) is 1. The van der Waals surface area contributed by atoms with Gasteiger partial charge in [-0.15, -0.1) is 0 Å². The molecule has 0 aromatic heterocycles. The lowest BCUT2D eigenvalue weighted by atomic mass is 9.95. The summed E-state index contributed by atoms with van der Waals surface area (Å²) >= 11 is 5.94. The summed E-state index contributed by atoms with van der Waals surface area (Å²) in [5, 5.41) is 3.47. The van der Waals surface area contributed by atoms with Gasteiger partial charge < -0.3 is 15.0 Å². The second-order valence-corrected chi connectivity index (χ2v) is 7.93. The van der Waals surface area contributed by atoms with Crippen LogP contribution in [0.4, 0.5) is 4.39 Å². The van der Waals surface area contributed by atoms with Gasteiger partial charge in [-0.2, -0.15) is 0 Å². The molecule has 1 fully saturated rings. The van der Waals surface area contributed by atoms with E-state index in [4.69, 9.17) is 16.3 Å². The van der Waals surface area contributed by atoms with Gasteiger partial charge in [-0.05, 0) is 54.8 Å². The van der Waals surface area contributed by atoms with Crippen LogP contribution in [-0.4, -0.2) is 42.9 Å². The maximum absolute atomic E-state index is 13.1. The van der Waals surface area contributed by atoms with Crippen molar-refractivity contribution in [2.45, 2.75) is 25.3 Å². The molecule has 0 aliphatic carbocycles. The zero-order valence-electron chi connectivity index (χ0n) is 17.1. The molecule has 8 heteroatoms. The Labute approximate surface area is 185 Å². The second kappa shape index (κ2) is 10.4. The first-order chi connectivity index (χ1) is 14.9. The minimum atomic E-state index is -0.569. The van der Waals surface area contributed by atoms with Crippen LogP contribution in [0.5, 0.6) is 0 Å². The van der Waals surface area contributed by atoms with E-state index in [1.165, 1.54) is 31.4 Å². The third-order valence-corrected chi connectivity index (χ3v) is 5.61. The van der Waals surface area contributed by atoms with Crippen LogP contribution < -0.4 is 5.32 Å². The Morgan fingerprint density at radius 1 is 1.16 bits per heavy atom. The molecule has 1 N–H and O–H groups in total. The lowest BCUT2D eigenvalue weighted by Crippen LogP contribution is -2.46. The van der Waals surface area contributed by atoms with Crippen molar-refractivity contribution in [3.8, 4) is 0 Å². The minimum Gasteiger partial charge on any atom is -0.469 e. The minimum absolute atomic E-state index is 0.0190. The topological polar surface area (TPSA) is 75.7 Å². The van der Waals surface area contributed by atoms with Gasteiger partial charge in [0.2, 0.25) is 5.91 Å². The van der Waals surface area contributed by atoms with Gasteiger partial charge >= 0.3 is 5.97 Å². The van der Waals surface area contributed by atoms with Gasteiger partial charge in [-0.25, -0.2) is 4.39 Å². The molecule has 2 amide bonds. The van der Waals surface area contributed by atoms with Crippen LogP contribution in [0.1, 0.15) is 41.2 Å². The van der Waals surface area contributed by atoms with Crippen molar-refractivity contribution in [2.75, 3.05) is 20.2 Å². The van der Waals surface area contributed by atoms with Gasteiger partial charge in [0, 0.05) is 23.7 Å². The summed E-state index contributed by atoms with van der Waals surface area (Å²) in [7, 11) is 1.29. The summed E-state index contributed by atoms with van der Waals surface area (Å²) in [6.07, 6.45) is 1.28. The van der Waals surface area contributed by atoms with Crippen molar-refractivity contribution in [3.63, 3.8) is 0 Å². The number of amides is 2. The van der Waals surface area contributed by atoms with Crippen LogP contribution in [0, 0.1) is 11.7 Å². The van der Waals surface area contributed by atoms with E-state index in [1.54, 1.807) is 29.2 Å². The predicted molar refractivity (Wildman–Crippen MR) is 114 cm³/mol. The molecular weight excluding hydrogens is 423 g/mol. The highest BCUT2D eigenvalue weighted by Crippen LogP contribution is 2.23. The van der Waals surface area contributed by atoms with Crippen molar-refractivity contribution in [1.82, 2.24) is 10.2 Å². The Hall–Kier alpha value is -2.93. The highest BCUT2D eigenvalue weighted by Gasteiger charge is 2.31. The zero-order chi connectivity index (χ0) is 22.4. The molecule has 0 bridgehead atoms. The predicted octanol–water partition coefficient (Wildman–Crippen LogP) is 3.75. The molecule has 164 valence electrons. The number of esters is 1. The molecule has 2 atom stereocenters. The molecule has 0 radical (unpaired) electrons. The number of rotatable bonds is 6. The fourth-order valence-corrected chi connectivity index (χ4v) is 3.76. The number of halogens is 2. The first kappa shape index (κ1) is 22.7. The van der Waals surface area contributed by atoms with E-state index >= 15 is 0 Å². The molecule has 1 aliphatic heterocycles. The van der Waals surface area contributed by atoms with Crippen LogP contribution in [-0.2, 0) is 14.3 Å². The maximum Gasteiger partial charge on any atom is 0.307 e. The summed E-state index contributed by atoms with van der Waals surface area (Å²) in [5.74, 6) is -1.74. The van der Waals surface area contributed by atoms with Crippen LogP contribution in [0.25, 0.3) is 0 Å². The lowest BCUT2D eigenvalue weighted by Gasteiger charge is -2.33. The summed E-state index contributed by atoms with van der Waals surface area (Å²) < 4.78 is 17.9. The molecule has 1 saturated heterocycles. The van der Waals surface area contributed by atoms with Crippen molar-refractivity contribution in [2.24, 2.45) is 5.92 Å². The Bertz CT molecular complexity index is 934. The normalized spacial score (nSPS) is 17.0. The highest BCUT2D eigenvalue weighted by molar-refractivity contribution is 6.30. The Morgan fingerprint density at radius 2 is 1.84 bits per heavy atom. The average molecular weight is 447 g/mol. The van der Waals surface area contributed by atoms with Crippen molar-refractivity contribution in [1.29, 1.82) is 0 Å². The smallest absolute Gasteiger partial charge is 0.307 e. The molecule has 6 nitrogen and oxygen atoms in total. The summed E-state index contributed by atoms with van der Waals surface area (Å²) in [4.78, 5) is 39.2. The van der Waals surface area contributed by atoms with E-state index in [9.17, 15) is 18.8 Å². The number of benzene rings is 2. The number of ether oxygens (including phenoxy) is 1. The number of likely N-dealkylation sites (tertiary alicyclic amines) is 1. The molecule has 2 aromatic carbocycles. The molecule has 3 rings (SSSR count). The lowest BCUT2D eigenvalue weighted by molar-refractivity contribution is -0.141. The third kappa shape index (κ3) is 6.04. The highest BCUT2D eigenvalue weighted by atomic mass is 35.5. The van der Waals surface area contributed by atoms with Gasteiger partial charge in [0.25, 0.3) is 5.91 Å².